The van der Waals surface area contributed by atoms with Gasteiger partial charge in [0.05, 0.1) is 18.9 Å². The number of benzene rings is 1. The maximum atomic E-state index is 12.1. The number of aromatic nitrogens is 2. The van der Waals surface area contributed by atoms with E-state index in [1.54, 1.807) is 33.2 Å². The van der Waals surface area contributed by atoms with Gasteiger partial charge in [0.25, 0.3) is 0 Å². The molecule has 126 valence electrons. The Morgan fingerprint density at radius 3 is 2.52 bits per heavy atom. The number of hydrogen-bond donors (Lipinski definition) is 2. The highest BCUT2D eigenvalue weighted by atomic mass is 32.2. The van der Waals surface area contributed by atoms with E-state index in [-0.39, 0.29) is 11.4 Å². The summed E-state index contributed by atoms with van der Waals surface area (Å²) in [6.07, 6.45) is 2.98. The van der Waals surface area contributed by atoms with Crippen molar-refractivity contribution < 1.29 is 18.3 Å². The summed E-state index contributed by atoms with van der Waals surface area (Å²) in [6.45, 7) is 1.49. The highest BCUT2D eigenvalue weighted by Crippen LogP contribution is 2.17. The van der Waals surface area contributed by atoms with Crippen LogP contribution >= 0.6 is 0 Å². The first-order chi connectivity index (χ1) is 10.7. The summed E-state index contributed by atoms with van der Waals surface area (Å²) in [4.78, 5) is 0.0697. The van der Waals surface area contributed by atoms with Crippen LogP contribution in [-0.2, 0) is 23.5 Å². The van der Waals surface area contributed by atoms with Crippen LogP contribution in [0.25, 0.3) is 0 Å². The van der Waals surface area contributed by atoms with Crippen LogP contribution in [0.1, 0.15) is 12.5 Å². The van der Waals surface area contributed by atoms with Crippen LogP contribution in [0.5, 0.6) is 5.75 Å². The molecule has 2 aromatic rings. The number of aliphatic hydroxyl groups is 1. The van der Waals surface area contributed by atoms with Gasteiger partial charge in [0.15, 0.2) is 0 Å². The molecular formula is C15H21N3O4S. The van der Waals surface area contributed by atoms with Gasteiger partial charge >= 0.3 is 0 Å². The Morgan fingerprint density at radius 2 is 2.00 bits per heavy atom. The van der Waals surface area contributed by atoms with E-state index in [9.17, 15) is 13.5 Å². The Morgan fingerprint density at radius 1 is 1.35 bits per heavy atom. The van der Waals surface area contributed by atoms with Gasteiger partial charge in [-0.1, -0.05) is 12.1 Å². The van der Waals surface area contributed by atoms with Gasteiger partial charge in [0.2, 0.25) is 10.0 Å². The Hall–Kier alpha value is -1.90. The van der Waals surface area contributed by atoms with Gasteiger partial charge in [-0.05, 0) is 24.6 Å². The topological polar surface area (TPSA) is 93.4 Å². The van der Waals surface area contributed by atoms with E-state index in [1.165, 1.54) is 17.1 Å². The molecule has 0 fully saturated rings. The quantitative estimate of drug-likeness (QED) is 0.774. The number of hydrogen-bond acceptors (Lipinski definition) is 5. The first kappa shape index (κ1) is 17.5. The average molecular weight is 339 g/mol. The van der Waals surface area contributed by atoms with Crippen molar-refractivity contribution in [3.63, 3.8) is 0 Å². The van der Waals surface area contributed by atoms with E-state index >= 15 is 0 Å². The first-order valence-corrected chi connectivity index (χ1v) is 8.54. The lowest BCUT2D eigenvalue weighted by molar-refractivity contribution is 0.0657. The van der Waals surface area contributed by atoms with Crippen molar-refractivity contribution >= 4 is 10.0 Å². The number of nitrogens with zero attached hydrogens (tertiary/aromatic N) is 2. The fourth-order valence-corrected chi connectivity index (χ4v) is 3.26. The summed E-state index contributed by atoms with van der Waals surface area (Å²) in [5, 5.41) is 14.3. The number of aryl methyl sites for hydroxylation is 1. The molecule has 0 saturated heterocycles. The molecule has 2 rings (SSSR count). The number of sulfonamides is 1. The molecule has 0 radical (unpaired) electrons. The molecule has 8 heteroatoms. The number of rotatable bonds is 7. The minimum Gasteiger partial charge on any atom is -0.497 e. The van der Waals surface area contributed by atoms with Crippen molar-refractivity contribution in [2.45, 2.75) is 23.8 Å². The SMILES string of the molecule is COc1ccc(C[C@@](C)(O)CNS(=O)(=O)c2cnn(C)c2)cc1. The third-order valence-electron chi connectivity index (χ3n) is 3.38. The molecule has 0 amide bonds. The molecule has 23 heavy (non-hydrogen) atoms. The predicted molar refractivity (Wildman–Crippen MR) is 85.7 cm³/mol. The van der Waals surface area contributed by atoms with Crippen molar-refractivity contribution in [1.82, 2.24) is 14.5 Å². The zero-order valence-electron chi connectivity index (χ0n) is 13.4. The fraction of sp³-hybridized carbons (Fsp3) is 0.400. The van der Waals surface area contributed by atoms with Gasteiger partial charge in [0.1, 0.15) is 10.6 Å². The molecule has 1 aromatic heterocycles. The van der Waals surface area contributed by atoms with Gasteiger partial charge in [-0.25, -0.2) is 13.1 Å². The Labute approximate surface area is 136 Å². The lowest BCUT2D eigenvalue weighted by Gasteiger charge is -2.23. The van der Waals surface area contributed by atoms with Crippen LogP contribution in [-0.4, -0.2) is 42.6 Å². The predicted octanol–water partition coefficient (Wildman–Crippen LogP) is 0.701. The Bertz CT molecular complexity index is 751. The number of ether oxygens (including phenoxy) is 1. The molecule has 0 aliphatic carbocycles. The smallest absolute Gasteiger partial charge is 0.243 e. The molecule has 0 unspecified atom stereocenters. The fourth-order valence-electron chi connectivity index (χ4n) is 2.12. The third kappa shape index (κ3) is 4.78. The minimum atomic E-state index is -3.69. The van der Waals surface area contributed by atoms with Crippen LogP contribution in [0.15, 0.2) is 41.6 Å². The standard InChI is InChI=1S/C15H21N3O4S/c1-15(19,8-12-4-6-13(22-3)7-5-12)11-17-23(20,21)14-9-16-18(2)10-14/h4-7,9-10,17,19H,8,11H2,1-3H3/t15-/m1/s1. The van der Waals surface area contributed by atoms with Gasteiger partial charge < -0.3 is 9.84 Å². The van der Waals surface area contributed by atoms with E-state index in [1.807, 2.05) is 12.1 Å². The van der Waals surface area contributed by atoms with Gasteiger partial charge in [-0.15, -0.1) is 0 Å². The van der Waals surface area contributed by atoms with Crippen LogP contribution in [0, 0.1) is 0 Å². The third-order valence-corrected chi connectivity index (χ3v) is 4.73. The molecule has 0 aliphatic heterocycles. The summed E-state index contributed by atoms with van der Waals surface area (Å²) in [5.41, 5.74) is -0.333. The van der Waals surface area contributed by atoms with Gasteiger partial charge in [-0.3, -0.25) is 4.68 Å². The monoisotopic (exact) mass is 339 g/mol. The van der Waals surface area contributed by atoms with E-state index in [2.05, 4.69) is 9.82 Å². The summed E-state index contributed by atoms with van der Waals surface area (Å²) in [6, 6.07) is 7.27. The van der Waals surface area contributed by atoms with Crippen molar-refractivity contribution in [2.75, 3.05) is 13.7 Å². The summed E-state index contributed by atoms with van der Waals surface area (Å²) in [5.74, 6) is 0.727. The zero-order valence-corrected chi connectivity index (χ0v) is 14.2. The Kier molecular flexibility index (Phi) is 5.08. The largest absolute Gasteiger partial charge is 0.497 e. The number of methoxy groups -OCH3 is 1. The zero-order chi connectivity index (χ0) is 17.1. The van der Waals surface area contributed by atoms with E-state index in [0.29, 0.717) is 6.42 Å². The van der Waals surface area contributed by atoms with Gasteiger partial charge in [0, 0.05) is 26.2 Å². The molecule has 0 saturated carbocycles. The summed E-state index contributed by atoms with van der Waals surface area (Å²) in [7, 11) is -0.469. The molecule has 2 N–H and O–H groups in total. The van der Waals surface area contributed by atoms with Crippen LogP contribution in [0.4, 0.5) is 0 Å². The lowest BCUT2D eigenvalue weighted by atomic mass is 9.97. The maximum Gasteiger partial charge on any atom is 0.243 e. The minimum absolute atomic E-state index is 0.0697. The highest BCUT2D eigenvalue weighted by Gasteiger charge is 2.25. The molecular weight excluding hydrogens is 318 g/mol. The van der Waals surface area contributed by atoms with Crippen LogP contribution in [0.2, 0.25) is 0 Å². The molecule has 0 spiro atoms. The summed E-state index contributed by atoms with van der Waals surface area (Å²) < 4.78 is 33.2. The highest BCUT2D eigenvalue weighted by molar-refractivity contribution is 7.89. The molecule has 1 heterocycles. The second kappa shape index (κ2) is 6.69. The Balaban J connectivity index is 2.00. The lowest BCUT2D eigenvalue weighted by Crippen LogP contribution is -2.42. The van der Waals surface area contributed by atoms with Crippen LogP contribution < -0.4 is 9.46 Å². The second-order valence-corrected chi connectivity index (χ2v) is 7.46. The number of nitrogens with one attached hydrogen (secondary N) is 1. The van der Waals surface area contributed by atoms with Gasteiger partial charge in [-0.2, -0.15) is 5.10 Å². The van der Waals surface area contributed by atoms with Crippen molar-refractivity contribution in [3.05, 3.63) is 42.2 Å². The van der Waals surface area contributed by atoms with Crippen molar-refractivity contribution in [2.24, 2.45) is 7.05 Å². The van der Waals surface area contributed by atoms with E-state index < -0.39 is 15.6 Å². The van der Waals surface area contributed by atoms with Crippen LogP contribution in [0.3, 0.4) is 0 Å². The maximum absolute atomic E-state index is 12.1. The van der Waals surface area contributed by atoms with E-state index in [4.69, 9.17) is 4.74 Å². The average Bonchev–Trinajstić information content (AvgIpc) is 2.93. The molecule has 0 bridgehead atoms. The second-order valence-electron chi connectivity index (χ2n) is 5.70. The van der Waals surface area contributed by atoms with Crippen molar-refractivity contribution in [1.29, 1.82) is 0 Å². The molecule has 0 aliphatic rings. The summed E-state index contributed by atoms with van der Waals surface area (Å²) >= 11 is 0. The molecule has 1 aromatic carbocycles. The van der Waals surface area contributed by atoms with Crippen molar-refractivity contribution in [3.8, 4) is 5.75 Å². The van der Waals surface area contributed by atoms with E-state index in [0.717, 1.165) is 11.3 Å². The molecule has 1 atom stereocenters. The normalized spacial score (nSPS) is 14.4. The first-order valence-electron chi connectivity index (χ1n) is 7.05. The molecule has 7 nitrogen and oxygen atoms in total.